The maximum absolute atomic E-state index is 13.6. The van der Waals surface area contributed by atoms with Crippen molar-refractivity contribution in [2.45, 2.75) is 37.9 Å². The van der Waals surface area contributed by atoms with Gasteiger partial charge in [0.2, 0.25) is 0 Å². The number of aryl methyl sites for hydroxylation is 1. The van der Waals surface area contributed by atoms with E-state index in [4.69, 9.17) is 4.74 Å². The van der Waals surface area contributed by atoms with Crippen LogP contribution in [0.25, 0.3) is 28.2 Å². The van der Waals surface area contributed by atoms with Gasteiger partial charge in [-0.3, -0.25) is 5.10 Å². The van der Waals surface area contributed by atoms with Gasteiger partial charge in [0.05, 0.1) is 24.9 Å². The van der Waals surface area contributed by atoms with Crippen molar-refractivity contribution in [2.24, 2.45) is 0 Å². The molecule has 5 rings (SSSR count). The molecule has 1 unspecified atom stereocenters. The Morgan fingerprint density at radius 1 is 1.21 bits per heavy atom. The van der Waals surface area contributed by atoms with Crippen molar-refractivity contribution < 1.29 is 17.9 Å². The first-order chi connectivity index (χ1) is 15.9. The number of halogens is 3. The molecule has 2 N–H and O–H groups in total. The zero-order valence-corrected chi connectivity index (χ0v) is 18.2. The zero-order valence-electron chi connectivity index (χ0n) is 18.2. The van der Waals surface area contributed by atoms with Gasteiger partial charge in [-0.25, -0.2) is 9.50 Å². The van der Waals surface area contributed by atoms with Crippen LogP contribution in [-0.4, -0.2) is 51.2 Å². The fourth-order valence-corrected chi connectivity index (χ4v) is 4.55. The van der Waals surface area contributed by atoms with E-state index in [0.717, 1.165) is 24.8 Å². The van der Waals surface area contributed by atoms with Crippen molar-refractivity contribution in [2.75, 3.05) is 14.2 Å². The first-order valence-electron chi connectivity index (χ1n) is 10.7. The molecule has 0 fully saturated rings. The fraction of sp³-hybridized carbons (Fsp3) is 0.348. The molecule has 0 radical (unpaired) electrons. The molecule has 172 valence electrons. The summed E-state index contributed by atoms with van der Waals surface area (Å²) in [5.41, 5.74) is 4.70. The highest BCUT2D eigenvalue weighted by atomic mass is 19.4. The lowest BCUT2D eigenvalue weighted by molar-refractivity contribution is -0.127. The van der Waals surface area contributed by atoms with E-state index in [0.29, 0.717) is 34.3 Å². The number of fused-ring (bicyclic) bond motifs is 2. The van der Waals surface area contributed by atoms with Crippen molar-refractivity contribution in [3.8, 4) is 28.3 Å². The molecule has 1 aliphatic carbocycles. The lowest BCUT2D eigenvalue weighted by Crippen LogP contribution is -2.31. The van der Waals surface area contributed by atoms with Crippen LogP contribution in [0.15, 0.2) is 36.8 Å². The topological polar surface area (TPSA) is 80.1 Å². The summed E-state index contributed by atoms with van der Waals surface area (Å²) >= 11 is 0. The Kier molecular flexibility index (Phi) is 5.32. The van der Waals surface area contributed by atoms with E-state index >= 15 is 0 Å². The SMILES string of the molecule is CNC1CCc2cc(-c3n[nH]c(-c4cc(OC)c5ncnn5c4)c3CC(F)(F)F)ccc2C1. The van der Waals surface area contributed by atoms with Crippen LogP contribution in [0.4, 0.5) is 13.2 Å². The third-order valence-electron chi connectivity index (χ3n) is 6.21. The number of rotatable bonds is 5. The van der Waals surface area contributed by atoms with E-state index in [2.05, 4.69) is 25.6 Å². The van der Waals surface area contributed by atoms with E-state index in [1.165, 1.54) is 23.5 Å². The first-order valence-corrected chi connectivity index (χ1v) is 10.7. The second-order valence-electron chi connectivity index (χ2n) is 8.25. The second-order valence-corrected chi connectivity index (χ2v) is 8.25. The zero-order chi connectivity index (χ0) is 23.2. The molecule has 0 aliphatic heterocycles. The quantitative estimate of drug-likeness (QED) is 0.475. The summed E-state index contributed by atoms with van der Waals surface area (Å²) in [5.74, 6) is 0.409. The van der Waals surface area contributed by atoms with Gasteiger partial charge in [0.15, 0.2) is 11.4 Å². The van der Waals surface area contributed by atoms with Crippen LogP contribution in [0, 0.1) is 0 Å². The number of alkyl halides is 3. The van der Waals surface area contributed by atoms with Crippen LogP contribution >= 0.6 is 0 Å². The summed E-state index contributed by atoms with van der Waals surface area (Å²) in [6.45, 7) is 0. The largest absolute Gasteiger partial charge is 0.493 e. The summed E-state index contributed by atoms with van der Waals surface area (Å²) in [7, 11) is 3.43. The Bertz CT molecular complexity index is 1310. The predicted molar refractivity (Wildman–Crippen MR) is 117 cm³/mol. The van der Waals surface area contributed by atoms with Gasteiger partial charge in [-0.2, -0.15) is 23.4 Å². The Hall–Kier alpha value is -3.40. The summed E-state index contributed by atoms with van der Waals surface area (Å²) in [4.78, 5) is 4.13. The molecule has 1 atom stereocenters. The lowest BCUT2D eigenvalue weighted by Gasteiger charge is -2.24. The number of hydrogen-bond donors (Lipinski definition) is 2. The fourth-order valence-electron chi connectivity index (χ4n) is 4.55. The predicted octanol–water partition coefficient (Wildman–Crippen LogP) is 3.98. The normalized spacial score (nSPS) is 16.2. The second kappa shape index (κ2) is 8.18. The highest BCUT2D eigenvalue weighted by Gasteiger charge is 2.33. The molecule has 0 amide bonds. The van der Waals surface area contributed by atoms with Crippen LogP contribution in [0.5, 0.6) is 5.75 Å². The first kappa shape index (κ1) is 21.4. The Balaban J connectivity index is 1.62. The standard InChI is InChI=1S/C23H23F3N6O/c1-27-17-6-5-13-7-15(4-3-14(13)8-17)20-18(10-23(24,25)26)21(31-30-20)16-9-19(33-2)22-28-12-29-32(22)11-16/h3-4,7,9,11-12,17,27H,5-6,8,10H2,1-2H3,(H,30,31). The molecule has 0 saturated heterocycles. The van der Waals surface area contributed by atoms with Gasteiger partial charge in [-0.15, -0.1) is 0 Å². The molecular weight excluding hydrogens is 433 g/mol. The number of benzene rings is 1. The van der Waals surface area contributed by atoms with Crippen LogP contribution in [-0.2, 0) is 19.3 Å². The summed E-state index contributed by atoms with van der Waals surface area (Å²) in [6.07, 6.45) is 0.251. The van der Waals surface area contributed by atoms with Gasteiger partial charge in [0.25, 0.3) is 0 Å². The monoisotopic (exact) mass is 456 g/mol. The number of hydrogen-bond acceptors (Lipinski definition) is 5. The molecule has 4 aromatic rings. The number of methoxy groups -OCH3 is 1. The van der Waals surface area contributed by atoms with Crippen molar-refractivity contribution >= 4 is 5.65 Å². The molecule has 0 saturated carbocycles. The van der Waals surface area contributed by atoms with E-state index in [1.807, 2.05) is 25.2 Å². The Labute approximate surface area is 188 Å². The van der Waals surface area contributed by atoms with E-state index < -0.39 is 12.6 Å². The molecule has 10 heteroatoms. The van der Waals surface area contributed by atoms with E-state index in [-0.39, 0.29) is 11.3 Å². The summed E-state index contributed by atoms with van der Waals surface area (Å²) in [6, 6.07) is 7.90. The van der Waals surface area contributed by atoms with Crippen molar-refractivity contribution in [1.29, 1.82) is 0 Å². The van der Waals surface area contributed by atoms with E-state index in [1.54, 1.807) is 12.3 Å². The maximum atomic E-state index is 13.6. The third-order valence-corrected chi connectivity index (χ3v) is 6.21. The highest BCUT2D eigenvalue weighted by molar-refractivity contribution is 5.76. The van der Waals surface area contributed by atoms with Gasteiger partial charge in [-0.1, -0.05) is 12.1 Å². The number of likely N-dealkylation sites (N-methyl/N-ethyl adjacent to an activating group) is 1. The number of aromatic nitrogens is 5. The molecule has 3 heterocycles. The average Bonchev–Trinajstić information content (AvgIpc) is 3.43. The van der Waals surface area contributed by atoms with Crippen molar-refractivity contribution in [3.63, 3.8) is 0 Å². The minimum Gasteiger partial charge on any atom is -0.493 e. The Morgan fingerprint density at radius 3 is 2.82 bits per heavy atom. The molecule has 0 spiro atoms. The van der Waals surface area contributed by atoms with Crippen LogP contribution in [0.2, 0.25) is 0 Å². The molecule has 7 nitrogen and oxygen atoms in total. The number of nitrogens with one attached hydrogen (secondary N) is 2. The van der Waals surface area contributed by atoms with E-state index in [9.17, 15) is 13.2 Å². The number of pyridine rings is 1. The van der Waals surface area contributed by atoms with Crippen LogP contribution < -0.4 is 10.1 Å². The highest BCUT2D eigenvalue weighted by Crippen LogP contribution is 2.37. The van der Waals surface area contributed by atoms with Crippen molar-refractivity contribution in [3.05, 3.63) is 53.5 Å². The maximum Gasteiger partial charge on any atom is 0.393 e. The van der Waals surface area contributed by atoms with Gasteiger partial charge < -0.3 is 10.1 Å². The number of nitrogens with zero attached hydrogens (tertiary/aromatic N) is 4. The van der Waals surface area contributed by atoms with Crippen LogP contribution in [0.1, 0.15) is 23.1 Å². The summed E-state index contributed by atoms with van der Waals surface area (Å²) in [5, 5.41) is 14.6. The lowest BCUT2D eigenvalue weighted by atomic mass is 9.86. The van der Waals surface area contributed by atoms with Crippen LogP contribution in [0.3, 0.4) is 0 Å². The average molecular weight is 456 g/mol. The number of aromatic amines is 1. The smallest absolute Gasteiger partial charge is 0.393 e. The van der Waals surface area contributed by atoms with Gasteiger partial charge in [0, 0.05) is 28.9 Å². The van der Waals surface area contributed by atoms with Crippen molar-refractivity contribution in [1.82, 2.24) is 30.1 Å². The minimum absolute atomic E-state index is 0.0906. The minimum atomic E-state index is -4.40. The number of ether oxygens (including phenoxy) is 1. The Morgan fingerprint density at radius 2 is 2.06 bits per heavy atom. The van der Waals surface area contributed by atoms with Gasteiger partial charge >= 0.3 is 6.18 Å². The molecule has 3 aromatic heterocycles. The molecular formula is C23H23F3N6O. The number of H-pyrrole nitrogens is 1. The molecule has 1 aliphatic rings. The summed E-state index contributed by atoms with van der Waals surface area (Å²) < 4.78 is 47.7. The molecule has 1 aromatic carbocycles. The van der Waals surface area contributed by atoms with Gasteiger partial charge in [0.1, 0.15) is 6.33 Å². The van der Waals surface area contributed by atoms with Gasteiger partial charge in [-0.05, 0) is 49.6 Å². The molecule has 33 heavy (non-hydrogen) atoms. The molecule has 0 bridgehead atoms. The third kappa shape index (κ3) is 4.06.